The maximum atomic E-state index is 13.8. The molecular formula is C20H23FN2O3S. The number of nitrogens with one attached hydrogen (secondary N) is 1. The number of hydrogen-bond donors (Lipinski definition) is 1. The molecule has 1 fully saturated rings. The smallest absolute Gasteiger partial charge is 0.252 e. The van der Waals surface area contributed by atoms with E-state index in [1.54, 1.807) is 24.3 Å². The monoisotopic (exact) mass is 390 g/mol. The molecule has 0 aromatic heterocycles. The van der Waals surface area contributed by atoms with E-state index in [0.717, 1.165) is 32.2 Å². The third-order valence-corrected chi connectivity index (χ3v) is 5.96. The summed E-state index contributed by atoms with van der Waals surface area (Å²) in [6, 6.07) is 12.9. The highest BCUT2D eigenvalue weighted by Crippen LogP contribution is 2.18. The quantitative estimate of drug-likeness (QED) is 0.852. The molecule has 0 radical (unpaired) electrons. The second kappa shape index (κ2) is 8.19. The standard InChI is InChI=1S/C20H23FN2O3S/c1-27(25,26)19-9-5-3-7-17(19)20(24)22-16-10-12-23(13-11-16)14-15-6-2-4-8-18(15)21/h2-9,16H,10-14H2,1H3,(H,22,24). The Labute approximate surface area is 159 Å². The van der Waals surface area contributed by atoms with E-state index in [1.165, 1.54) is 18.2 Å². The van der Waals surface area contributed by atoms with Crippen LogP contribution in [0.25, 0.3) is 0 Å². The van der Waals surface area contributed by atoms with Crippen molar-refractivity contribution < 1.29 is 17.6 Å². The van der Waals surface area contributed by atoms with Crippen molar-refractivity contribution >= 4 is 15.7 Å². The first-order valence-corrected chi connectivity index (χ1v) is 10.8. The Morgan fingerprint density at radius 2 is 1.74 bits per heavy atom. The van der Waals surface area contributed by atoms with E-state index in [-0.39, 0.29) is 28.2 Å². The highest BCUT2D eigenvalue weighted by Gasteiger charge is 2.24. The maximum Gasteiger partial charge on any atom is 0.252 e. The summed E-state index contributed by atoms with van der Waals surface area (Å²) in [5, 5.41) is 2.94. The summed E-state index contributed by atoms with van der Waals surface area (Å²) in [6.45, 7) is 2.03. The van der Waals surface area contributed by atoms with Crippen LogP contribution in [0, 0.1) is 5.82 Å². The highest BCUT2D eigenvalue weighted by molar-refractivity contribution is 7.90. The van der Waals surface area contributed by atoms with Gasteiger partial charge in [-0.25, -0.2) is 12.8 Å². The summed E-state index contributed by atoms with van der Waals surface area (Å²) in [6.07, 6.45) is 2.57. The molecule has 2 aromatic rings. The van der Waals surface area contributed by atoms with Gasteiger partial charge in [-0.2, -0.15) is 0 Å². The van der Waals surface area contributed by atoms with Crippen LogP contribution in [0.15, 0.2) is 53.4 Å². The van der Waals surface area contributed by atoms with Gasteiger partial charge in [0, 0.05) is 37.5 Å². The number of nitrogens with zero attached hydrogens (tertiary/aromatic N) is 1. The second-order valence-electron chi connectivity index (χ2n) is 6.88. The van der Waals surface area contributed by atoms with E-state index in [4.69, 9.17) is 0 Å². The van der Waals surface area contributed by atoms with Crippen LogP contribution >= 0.6 is 0 Å². The van der Waals surface area contributed by atoms with Crippen LogP contribution in [0.4, 0.5) is 4.39 Å². The lowest BCUT2D eigenvalue weighted by molar-refractivity contribution is 0.0905. The predicted molar refractivity (Wildman–Crippen MR) is 102 cm³/mol. The first-order chi connectivity index (χ1) is 12.8. The summed E-state index contributed by atoms with van der Waals surface area (Å²) in [4.78, 5) is 14.8. The number of sulfone groups is 1. The van der Waals surface area contributed by atoms with Gasteiger partial charge in [-0.15, -0.1) is 0 Å². The van der Waals surface area contributed by atoms with E-state index in [1.807, 2.05) is 6.07 Å². The van der Waals surface area contributed by atoms with Gasteiger partial charge >= 0.3 is 0 Å². The van der Waals surface area contributed by atoms with Crippen molar-refractivity contribution in [1.29, 1.82) is 0 Å². The zero-order valence-electron chi connectivity index (χ0n) is 15.2. The van der Waals surface area contributed by atoms with Crippen molar-refractivity contribution in [3.63, 3.8) is 0 Å². The number of amides is 1. The van der Waals surface area contributed by atoms with Crippen LogP contribution in [0.3, 0.4) is 0 Å². The Bertz CT molecular complexity index is 922. The average Bonchev–Trinajstić information content (AvgIpc) is 2.64. The maximum absolute atomic E-state index is 13.8. The summed E-state index contributed by atoms with van der Waals surface area (Å²) in [5.74, 6) is -0.575. The van der Waals surface area contributed by atoms with Crippen molar-refractivity contribution in [2.24, 2.45) is 0 Å². The molecule has 27 heavy (non-hydrogen) atoms. The van der Waals surface area contributed by atoms with Crippen LogP contribution in [-0.2, 0) is 16.4 Å². The molecule has 1 heterocycles. The van der Waals surface area contributed by atoms with Crippen molar-refractivity contribution in [3.8, 4) is 0 Å². The number of carbonyl (C=O) groups excluding carboxylic acids is 1. The molecule has 5 nitrogen and oxygen atoms in total. The summed E-state index contributed by atoms with van der Waals surface area (Å²) in [5.41, 5.74) is 0.843. The van der Waals surface area contributed by atoms with Gasteiger partial charge in [0.25, 0.3) is 5.91 Å². The van der Waals surface area contributed by atoms with Crippen molar-refractivity contribution in [1.82, 2.24) is 10.2 Å². The fourth-order valence-corrected chi connectivity index (χ4v) is 4.23. The number of halogens is 1. The fraction of sp³-hybridized carbons (Fsp3) is 0.350. The summed E-state index contributed by atoms with van der Waals surface area (Å²) < 4.78 is 37.5. The SMILES string of the molecule is CS(=O)(=O)c1ccccc1C(=O)NC1CCN(Cc2ccccc2F)CC1. The highest BCUT2D eigenvalue weighted by atomic mass is 32.2. The molecule has 1 amide bonds. The van der Waals surface area contributed by atoms with Crippen molar-refractivity contribution in [2.45, 2.75) is 30.3 Å². The molecule has 0 bridgehead atoms. The molecule has 1 aliphatic heterocycles. The van der Waals surface area contributed by atoms with Gasteiger partial charge in [-0.1, -0.05) is 30.3 Å². The van der Waals surface area contributed by atoms with Gasteiger partial charge < -0.3 is 5.32 Å². The Morgan fingerprint density at radius 3 is 2.41 bits per heavy atom. The average molecular weight is 390 g/mol. The lowest BCUT2D eigenvalue weighted by Gasteiger charge is -2.32. The topological polar surface area (TPSA) is 66.5 Å². The Morgan fingerprint density at radius 1 is 1.11 bits per heavy atom. The first kappa shape index (κ1) is 19.5. The number of piperidine rings is 1. The molecule has 7 heteroatoms. The molecule has 0 atom stereocenters. The number of rotatable bonds is 5. The third kappa shape index (κ3) is 4.93. The summed E-state index contributed by atoms with van der Waals surface area (Å²) >= 11 is 0. The largest absolute Gasteiger partial charge is 0.349 e. The predicted octanol–water partition coefficient (Wildman–Crippen LogP) is 2.62. The van der Waals surface area contributed by atoms with Crippen LogP contribution in [0.1, 0.15) is 28.8 Å². The van der Waals surface area contributed by atoms with E-state index in [9.17, 15) is 17.6 Å². The number of likely N-dealkylation sites (tertiary alicyclic amines) is 1. The van der Waals surface area contributed by atoms with E-state index >= 15 is 0 Å². The van der Waals surface area contributed by atoms with Gasteiger partial charge in [-0.3, -0.25) is 9.69 Å². The molecule has 0 unspecified atom stereocenters. The molecular weight excluding hydrogens is 367 g/mol. The zero-order chi connectivity index (χ0) is 19.4. The Balaban J connectivity index is 1.58. The van der Waals surface area contributed by atoms with Gasteiger partial charge in [0.15, 0.2) is 9.84 Å². The second-order valence-corrected chi connectivity index (χ2v) is 8.87. The minimum absolute atomic E-state index is 0.0259. The normalized spacial score (nSPS) is 16.2. The van der Waals surface area contributed by atoms with Gasteiger partial charge in [-0.05, 0) is 31.0 Å². The molecule has 2 aromatic carbocycles. The Kier molecular flexibility index (Phi) is 5.92. The number of hydrogen-bond acceptors (Lipinski definition) is 4. The minimum Gasteiger partial charge on any atom is -0.349 e. The van der Waals surface area contributed by atoms with Gasteiger partial charge in [0.1, 0.15) is 5.82 Å². The molecule has 0 aliphatic carbocycles. The lowest BCUT2D eigenvalue weighted by Crippen LogP contribution is -2.44. The van der Waals surface area contributed by atoms with Crippen molar-refractivity contribution in [3.05, 3.63) is 65.5 Å². The molecule has 1 N–H and O–H groups in total. The number of carbonyl (C=O) groups is 1. The van der Waals surface area contributed by atoms with Crippen LogP contribution < -0.4 is 5.32 Å². The van der Waals surface area contributed by atoms with Crippen molar-refractivity contribution in [2.75, 3.05) is 19.3 Å². The van der Waals surface area contributed by atoms with Crippen LogP contribution in [0.5, 0.6) is 0 Å². The minimum atomic E-state index is -3.47. The fourth-order valence-electron chi connectivity index (χ4n) is 3.34. The molecule has 0 spiro atoms. The molecule has 3 rings (SSSR count). The van der Waals surface area contributed by atoms with E-state index in [0.29, 0.717) is 12.1 Å². The zero-order valence-corrected chi connectivity index (χ0v) is 16.0. The molecule has 1 aliphatic rings. The van der Waals surface area contributed by atoms with Gasteiger partial charge in [0.2, 0.25) is 0 Å². The molecule has 0 saturated carbocycles. The number of benzene rings is 2. The van der Waals surface area contributed by atoms with E-state index < -0.39 is 9.84 Å². The lowest BCUT2D eigenvalue weighted by atomic mass is 10.0. The third-order valence-electron chi connectivity index (χ3n) is 4.81. The molecule has 1 saturated heterocycles. The van der Waals surface area contributed by atoms with Gasteiger partial charge in [0.05, 0.1) is 10.5 Å². The first-order valence-electron chi connectivity index (χ1n) is 8.90. The summed E-state index contributed by atoms with van der Waals surface area (Å²) in [7, 11) is -3.47. The molecule has 144 valence electrons. The van der Waals surface area contributed by atoms with Crippen LogP contribution in [0.2, 0.25) is 0 Å². The van der Waals surface area contributed by atoms with Crippen LogP contribution in [-0.4, -0.2) is 44.6 Å². The van der Waals surface area contributed by atoms with E-state index in [2.05, 4.69) is 10.2 Å². The Hall–Kier alpha value is -2.25.